The quantitative estimate of drug-likeness (QED) is 0.759. The van der Waals surface area contributed by atoms with Crippen molar-refractivity contribution in [1.29, 1.82) is 5.26 Å². The first-order valence-electron chi connectivity index (χ1n) is 5.11. The fourth-order valence-electron chi connectivity index (χ4n) is 1.18. The molecule has 0 bridgehead atoms. The lowest BCUT2D eigenvalue weighted by atomic mass is 9.96. The number of carbonyl (C=O) groups excluding carboxylic acids is 1. The van der Waals surface area contributed by atoms with Crippen LogP contribution in [0.1, 0.15) is 26.3 Å². The SMILES string of the molecule is CC(C)(C)C(=O)NCn1c(Br)c(Br)c(C#N)c1Br. The molecule has 0 unspecified atom stereocenters. The first kappa shape index (κ1) is 15.7. The molecule has 0 atom stereocenters. The summed E-state index contributed by atoms with van der Waals surface area (Å²) in [5.74, 6) is -0.0513. The van der Waals surface area contributed by atoms with Gasteiger partial charge < -0.3 is 9.88 Å². The minimum Gasteiger partial charge on any atom is -0.338 e. The van der Waals surface area contributed by atoms with Crippen LogP contribution in [0.2, 0.25) is 0 Å². The zero-order valence-electron chi connectivity index (χ0n) is 10.1. The van der Waals surface area contributed by atoms with Crippen LogP contribution in [-0.4, -0.2) is 10.5 Å². The molecule has 4 nitrogen and oxygen atoms in total. The smallest absolute Gasteiger partial charge is 0.226 e. The first-order valence-corrected chi connectivity index (χ1v) is 7.49. The van der Waals surface area contributed by atoms with Crippen molar-refractivity contribution >= 4 is 53.7 Å². The van der Waals surface area contributed by atoms with Crippen LogP contribution < -0.4 is 5.32 Å². The Bertz CT molecular complexity index is 523. The highest BCUT2D eigenvalue weighted by Gasteiger charge is 2.22. The van der Waals surface area contributed by atoms with Gasteiger partial charge in [-0.05, 0) is 47.8 Å². The van der Waals surface area contributed by atoms with Crippen LogP contribution in [0.25, 0.3) is 0 Å². The van der Waals surface area contributed by atoms with E-state index in [0.29, 0.717) is 19.2 Å². The molecule has 0 aliphatic carbocycles. The third-order valence-corrected chi connectivity index (χ3v) is 5.22. The summed E-state index contributed by atoms with van der Waals surface area (Å²) in [4.78, 5) is 11.8. The van der Waals surface area contributed by atoms with Gasteiger partial charge in [-0.3, -0.25) is 4.79 Å². The molecule has 18 heavy (non-hydrogen) atoms. The van der Waals surface area contributed by atoms with Gasteiger partial charge in [-0.2, -0.15) is 5.26 Å². The van der Waals surface area contributed by atoms with Crippen molar-refractivity contribution in [3.63, 3.8) is 0 Å². The molecule has 7 heteroatoms. The highest BCUT2D eigenvalue weighted by molar-refractivity contribution is 9.13. The number of hydrogen-bond donors (Lipinski definition) is 1. The van der Waals surface area contributed by atoms with Crippen LogP contribution in [0, 0.1) is 16.7 Å². The molecule has 0 aliphatic heterocycles. The van der Waals surface area contributed by atoms with E-state index in [-0.39, 0.29) is 12.6 Å². The van der Waals surface area contributed by atoms with E-state index in [9.17, 15) is 4.79 Å². The number of hydrogen-bond acceptors (Lipinski definition) is 2. The third kappa shape index (κ3) is 3.16. The van der Waals surface area contributed by atoms with Gasteiger partial charge in [-0.25, -0.2) is 0 Å². The van der Waals surface area contributed by atoms with E-state index >= 15 is 0 Å². The number of aromatic nitrogens is 1. The molecule has 1 N–H and O–H groups in total. The van der Waals surface area contributed by atoms with Crippen molar-refractivity contribution in [2.75, 3.05) is 0 Å². The number of nitrogens with zero attached hydrogens (tertiary/aromatic N) is 2. The highest BCUT2D eigenvalue weighted by atomic mass is 79.9. The van der Waals surface area contributed by atoms with E-state index in [1.54, 1.807) is 4.57 Å². The number of rotatable bonds is 2. The molecule has 0 spiro atoms. The van der Waals surface area contributed by atoms with Crippen LogP contribution in [-0.2, 0) is 11.5 Å². The van der Waals surface area contributed by atoms with Gasteiger partial charge in [0.25, 0.3) is 0 Å². The van der Waals surface area contributed by atoms with Gasteiger partial charge in [-0.15, -0.1) is 0 Å². The van der Waals surface area contributed by atoms with Crippen molar-refractivity contribution in [3.8, 4) is 6.07 Å². The molecule has 1 aromatic rings. The predicted octanol–water partition coefficient (Wildman–Crippen LogP) is 3.77. The highest BCUT2D eigenvalue weighted by Crippen LogP contribution is 2.35. The Labute approximate surface area is 131 Å². The summed E-state index contributed by atoms with van der Waals surface area (Å²) < 4.78 is 3.76. The van der Waals surface area contributed by atoms with Crippen LogP contribution in [0.15, 0.2) is 13.7 Å². The monoisotopic (exact) mass is 439 g/mol. The lowest BCUT2D eigenvalue weighted by Gasteiger charge is -2.18. The number of carbonyl (C=O) groups is 1. The Kier molecular flexibility index (Phi) is 5.04. The Balaban J connectivity index is 2.95. The predicted molar refractivity (Wildman–Crippen MR) is 79.8 cm³/mol. The summed E-state index contributed by atoms with van der Waals surface area (Å²) in [7, 11) is 0. The fourth-order valence-corrected chi connectivity index (χ4v) is 3.27. The zero-order valence-corrected chi connectivity index (χ0v) is 14.9. The standard InChI is InChI=1S/C11H12Br3N3O/c1-11(2,3)10(18)16-5-17-8(13)6(4-15)7(12)9(17)14/h5H2,1-3H3,(H,16,18). The molecular weight excluding hydrogens is 430 g/mol. The van der Waals surface area contributed by atoms with Crippen molar-refractivity contribution in [3.05, 3.63) is 19.2 Å². The summed E-state index contributed by atoms with van der Waals surface area (Å²) in [6.07, 6.45) is 0. The Hall–Kier alpha value is -0.320. The van der Waals surface area contributed by atoms with E-state index in [2.05, 4.69) is 59.2 Å². The molecule has 0 aliphatic rings. The first-order chi connectivity index (χ1) is 8.20. The normalized spacial score (nSPS) is 11.2. The van der Waals surface area contributed by atoms with Crippen molar-refractivity contribution < 1.29 is 4.79 Å². The number of nitrogens with one attached hydrogen (secondary N) is 1. The van der Waals surface area contributed by atoms with Gasteiger partial charge in [-0.1, -0.05) is 20.8 Å². The molecule has 0 radical (unpaired) electrons. The topological polar surface area (TPSA) is 57.8 Å². The van der Waals surface area contributed by atoms with Gasteiger partial charge in [0.2, 0.25) is 5.91 Å². The Morgan fingerprint density at radius 3 is 2.28 bits per heavy atom. The molecule has 1 amide bonds. The lowest BCUT2D eigenvalue weighted by Crippen LogP contribution is -2.36. The molecule has 0 aromatic carbocycles. The van der Waals surface area contributed by atoms with Crippen LogP contribution in [0.5, 0.6) is 0 Å². The van der Waals surface area contributed by atoms with Gasteiger partial charge in [0.1, 0.15) is 15.3 Å². The average Bonchev–Trinajstić information content (AvgIpc) is 2.46. The van der Waals surface area contributed by atoms with Crippen LogP contribution in [0.3, 0.4) is 0 Å². The summed E-state index contributed by atoms with van der Waals surface area (Å²) in [6.45, 7) is 5.83. The lowest BCUT2D eigenvalue weighted by molar-refractivity contribution is -0.129. The van der Waals surface area contributed by atoms with Gasteiger partial charge in [0.05, 0.1) is 16.7 Å². The molecule has 0 saturated carbocycles. The number of halogens is 3. The van der Waals surface area contributed by atoms with Crippen LogP contribution in [0.4, 0.5) is 0 Å². The largest absolute Gasteiger partial charge is 0.338 e. The average molecular weight is 442 g/mol. The second kappa shape index (κ2) is 5.76. The van der Waals surface area contributed by atoms with Crippen molar-refractivity contribution in [1.82, 2.24) is 9.88 Å². The zero-order chi connectivity index (χ0) is 14.1. The summed E-state index contributed by atoms with van der Waals surface area (Å²) in [5.41, 5.74) is 0.0494. The third-order valence-electron chi connectivity index (χ3n) is 2.27. The van der Waals surface area contributed by atoms with Gasteiger partial charge in [0, 0.05) is 5.41 Å². The molecule has 0 saturated heterocycles. The van der Waals surface area contributed by atoms with E-state index in [1.807, 2.05) is 20.8 Å². The maximum atomic E-state index is 11.8. The summed E-state index contributed by atoms with van der Waals surface area (Å²) >= 11 is 10.0. The maximum absolute atomic E-state index is 11.8. The van der Waals surface area contributed by atoms with E-state index in [0.717, 1.165) is 0 Å². The van der Waals surface area contributed by atoms with Crippen molar-refractivity contribution in [2.45, 2.75) is 27.4 Å². The number of nitriles is 1. The minimum absolute atomic E-state index is 0.0513. The second-order valence-electron chi connectivity index (χ2n) is 4.72. The maximum Gasteiger partial charge on any atom is 0.226 e. The van der Waals surface area contributed by atoms with Crippen molar-refractivity contribution in [2.24, 2.45) is 5.41 Å². The second-order valence-corrected chi connectivity index (χ2v) is 7.02. The molecule has 1 rings (SSSR count). The van der Waals surface area contributed by atoms with Gasteiger partial charge in [0.15, 0.2) is 0 Å². The summed E-state index contributed by atoms with van der Waals surface area (Å²) in [5, 5.41) is 11.8. The molecule has 98 valence electrons. The Morgan fingerprint density at radius 1 is 1.33 bits per heavy atom. The Morgan fingerprint density at radius 2 is 1.89 bits per heavy atom. The molecule has 0 fully saturated rings. The van der Waals surface area contributed by atoms with E-state index < -0.39 is 5.41 Å². The molecule has 1 aromatic heterocycles. The molecule has 1 heterocycles. The van der Waals surface area contributed by atoms with E-state index in [1.165, 1.54) is 0 Å². The molecular formula is C11H12Br3N3O. The minimum atomic E-state index is -0.443. The van der Waals surface area contributed by atoms with E-state index in [4.69, 9.17) is 5.26 Å². The number of amides is 1. The van der Waals surface area contributed by atoms with Crippen LogP contribution >= 0.6 is 47.8 Å². The summed E-state index contributed by atoms with van der Waals surface area (Å²) in [6, 6.07) is 2.09. The van der Waals surface area contributed by atoms with Gasteiger partial charge >= 0.3 is 0 Å². The fraction of sp³-hybridized carbons (Fsp3) is 0.455.